The van der Waals surface area contributed by atoms with Crippen LogP contribution < -0.4 is 10.0 Å². The van der Waals surface area contributed by atoms with Crippen LogP contribution in [0.2, 0.25) is 0 Å². The predicted octanol–water partition coefficient (Wildman–Crippen LogP) is 2.83. The third-order valence-electron chi connectivity index (χ3n) is 2.89. The third-order valence-corrected chi connectivity index (χ3v) is 6.96. The van der Waals surface area contributed by atoms with Crippen LogP contribution in [-0.2, 0) is 23.0 Å². The first-order chi connectivity index (χ1) is 10.0. The van der Waals surface area contributed by atoms with Crippen LogP contribution in [-0.4, -0.2) is 21.0 Å². The monoisotopic (exact) mass is 344 g/mol. The van der Waals surface area contributed by atoms with E-state index in [9.17, 15) is 8.42 Å². The van der Waals surface area contributed by atoms with Crippen molar-refractivity contribution >= 4 is 32.7 Å². The van der Waals surface area contributed by atoms with E-state index in [0.717, 1.165) is 11.4 Å². The van der Waals surface area contributed by atoms with Gasteiger partial charge in [0.25, 0.3) is 0 Å². The fraction of sp³-hybridized carbons (Fsp3) is 0.429. The minimum atomic E-state index is -3.42. The Hall–Kier alpha value is -0.730. The van der Waals surface area contributed by atoms with E-state index in [2.05, 4.69) is 10.0 Å². The van der Waals surface area contributed by atoms with Crippen molar-refractivity contribution in [3.63, 3.8) is 0 Å². The summed E-state index contributed by atoms with van der Waals surface area (Å²) in [6.45, 7) is 5.50. The van der Waals surface area contributed by atoms with Gasteiger partial charge >= 0.3 is 0 Å². The van der Waals surface area contributed by atoms with Gasteiger partial charge in [-0.15, -0.1) is 22.7 Å². The molecule has 0 aliphatic carbocycles. The van der Waals surface area contributed by atoms with Gasteiger partial charge in [0.15, 0.2) is 0 Å². The summed E-state index contributed by atoms with van der Waals surface area (Å²) < 4.78 is 27.8. The molecule has 21 heavy (non-hydrogen) atoms. The summed E-state index contributed by atoms with van der Waals surface area (Å²) in [5, 5.41) is 5.20. The SMILES string of the molecule is CCNCc1ccc(S(=O)(=O)NC(C)Cc2cccs2)s1. The van der Waals surface area contributed by atoms with Crippen LogP contribution in [0.25, 0.3) is 0 Å². The number of hydrogen-bond donors (Lipinski definition) is 2. The minimum absolute atomic E-state index is 0.118. The van der Waals surface area contributed by atoms with Gasteiger partial charge in [-0.05, 0) is 43.5 Å². The van der Waals surface area contributed by atoms with Crippen LogP contribution in [0, 0.1) is 0 Å². The first kappa shape index (κ1) is 16.6. The lowest BCUT2D eigenvalue weighted by Gasteiger charge is -2.12. The van der Waals surface area contributed by atoms with Gasteiger partial charge in [0.2, 0.25) is 10.0 Å². The summed E-state index contributed by atoms with van der Waals surface area (Å²) in [4.78, 5) is 2.22. The first-order valence-corrected chi connectivity index (χ1v) is 10.0. The maximum atomic E-state index is 12.3. The van der Waals surface area contributed by atoms with Gasteiger partial charge in [0.05, 0.1) is 0 Å². The summed E-state index contributed by atoms with van der Waals surface area (Å²) in [5.74, 6) is 0. The molecule has 0 saturated carbocycles. The lowest BCUT2D eigenvalue weighted by Crippen LogP contribution is -2.33. The summed E-state index contributed by atoms with van der Waals surface area (Å²) >= 11 is 2.97. The van der Waals surface area contributed by atoms with Gasteiger partial charge in [-0.3, -0.25) is 0 Å². The molecule has 0 aliphatic heterocycles. The molecule has 7 heteroatoms. The van der Waals surface area contributed by atoms with Crippen LogP contribution in [0.4, 0.5) is 0 Å². The maximum absolute atomic E-state index is 12.3. The van der Waals surface area contributed by atoms with E-state index in [1.807, 2.05) is 37.4 Å². The van der Waals surface area contributed by atoms with Gasteiger partial charge < -0.3 is 5.32 Å². The summed E-state index contributed by atoms with van der Waals surface area (Å²) in [7, 11) is -3.42. The van der Waals surface area contributed by atoms with Crippen molar-refractivity contribution in [3.05, 3.63) is 39.4 Å². The number of sulfonamides is 1. The zero-order valence-corrected chi connectivity index (χ0v) is 14.6. The second-order valence-corrected chi connectivity index (χ2v) is 8.95. The Kier molecular flexibility index (Phi) is 5.95. The maximum Gasteiger partial charge on any atom is 0.250 e. The Bertz CT molecular complexity index is 648. The van der Waals surface area contributed by atoms with Crippen LogP contribution in [0.1, 0.15) is 23.6 Å². The lowest BCUT2D eigenvalue weighted by molar-refractivity contribution is 0.563. The normalized spacial score (nSPS) is 13.4. The molecule has 1 atom stereocenters. The highest BCUT2D eigenvalue weighted by Crippen LogP contribution is 2.22. The van der Waals surface area contributed by atoms with E-state index >= 15 is 0 Å². The average molecular weight is 345 g/mol. The molecule has 0 aliphatic rings. The fourth-order valence-corrected chi connectivity index (χ4v) is 5.36. The largest absolute Gasteiger partial charge is 0.312 e. The number of rotatable bonds is 8. The van der Waals surface area contributed by atoms with Crippen molar-refractivity contribution in [1.82, 2.24) is 10.0 Å². The molecule has 2 aromatic rings. The standard InChI is InChI=1S/C14H20N2O2S3/c1-3-15-10-13-6-7-14(20-13)21(17,18)16-11(2)9-12-5-4-8-19-12/h4-8,11,15-16H,3,9-10H2,1-2H3. The lowest BCUT2D eigenvalue weighted by atomic mass is 10.2. The van der Waals surface area contributed by atoms with Crippen molar-refractivity contribution in [2.45, 2.75) is 37.1 Å². The van der Waals surface area contributed by atoms with Crippen LogP contribution in [0.15, 0.2) is 33.9 Å². The van der Waals surface area contributed by atoms with Crippen molar-refractivity contribution in [2.24, 2.45) is 0 Å². The Morgan fingerprint density at radius 2 is 2.05 bits per heavy atom. The third kappa shape index (κ3) is 4.89. The summed E-state index contributed by atoms with van der Waals surface area (Å²) in [6, 6.07) is 7.43. The van der Waals surface area contributed by atoms with Gasteiger partial charge in [-0.25, -0.2) is 13.1 Å². The van der Waals surface area contributed by atoms with Crippen LogP contribution in [0.5, 0.6) is 0 Å². The minimum Gasteiger partial charge on any atom is -0.312 e. The molecule has 2 heterocycles. The van der Waals surface area contributed by atoms with E-state index in [0.29, 0.717) is 17.2 Å². The highest BCUT2D eigenvalue weighted by atomic mass is 32.2. The predicted molar refractivity (Wildman–Crippen MR) is 89.5 cm³/mol. The highest BCUT2D eigenvalue weighted by Gasteiger charge is 2.19. The Morgan fingerprint density at radius 3 is 2.71 bits per heavy atom. The number of hydrogen-bond acceptors (Lipinski definition) is 5. The Morgan fingerprint density at radius 1 is 1.24 bits per heavy atom. The molecule has 1 unspecified atom stereocenters. The van der Waals surface area contributed by atoms with Crippen molar-refractivity contribution in [2.75, 3.05) is 6.54 Å². The number of thiophene rings is 2. The molecule has 116 valence electrons. The second kappa shape index (κ2) is 7.51. The van der Waals surface area contributed by atoms with E-state index in [-0.39, 0.29) is 6.04 Å². The summed E-state index contributed by atoms with van der Waals surface area (Å²) in [5.41, 5.74) is 0. The zero-order valence-electron chi connectivity index (χ0n) is 12.1. The van der Waals surface area contributed by atoms with E-state index < -0.39 is 10.0 Å². The molecule has 2 rings (SSSR count). The van der Waals surface area contributed by atoms with E-state index in [1.54, 1.807) is 17.4 Å². The second-order valence-electron chi connectivity index (χ2n) is 4.81. The Labute approximate surface area is 134 Å². The van der Waals surface area contributed by atoms with E-state index in [4.69, 9.17) is 0 Å². The number of nitrogens with one attached hydrogen (secondary N) is 2. The molecule has 0 radical (unpaired) electrons. The van der Waals surface area contributed by atoms with Crippen molar-refractivity contribution in [3.8, 4) is 0 Å². The van der Waals surface area contributed by atoms with Crippen LogP contribution in [0.3, 0.4) is 0 Å². The van der Waals surface area contributed by atoms with Crippen molar-refractivity contribution < 1.29 is 8.42 Å². The molecule has 0 spiro atoms. The summed E-state index contributed by atoms with van der Waals surface area (Å²) in [6.07, 6.45) is 0.715. The highest BCUT2D eigenvalue weighted by molar-refractivity contribution is 7.91. The van der Waals surface area contributed by atoms with Gasteiger partial charge in [-0.1, -0.05) is 13.0 Å². The topological polar surface area (TPSA) is 58.2 Å². The molecule has 2 aromatic heterocycles. The average Bonchev–Trinajstić information content (AvgIpc) is 3.06. The zero-order chi connectivity index (χ0) is 15.3. The smallest absolute Gasteiger partial charge is 0.250 e. The molecular weight excluding hydrogens is 324 g/mol. The fourth-order valence-electron chi connectivity index (χ4n) is 1.94. The molecule has 0 saturated heterocycles. The molecule has 4 nitrogen and oxygen atoms in total. The molecule has 0 fully saturated rings. The molecular formula is C14H20N2O2S3. The Balaban J connectivity index is 1.98. The molecule has 0 amide bonds. The van der Waals surface area contributed by atoms with Gasteiger partial charge in [0, 0.05) is 22.3 Å². The molecule has 0 bridgehead atoms. The molecule has 0 aromatic carbocycles. The van der Waals surface area contributed by atoms with Crippen LogP contribution >= 0.6 is 22.7 Å². The van der Waals surface area contributed by atoms with E-state index in [1.165, 1.54) is 16.2 Å². The van der Waals surface area contributed by atoms with Gasteiger partial charge in [-0.2, -0.15) is 0 Å². The first-order valence-electron chi connectivity index (χ1n) is 6.85. The van der Waals surface area contributed by atoms with Crippen molar-refractivity contribution in [1.29, 1.82) is 0 Å². The van der Waals surface area contributed by atoms with Gasteiger partial charge in [0.1, 0.15) is 4.21 Å². The quantitative estimate of drug-likeness (QED) is 0.774. The molecule has 2 N–H and O–H groups in total.